The van der Waals surface area contributed by atoms with E-state index in [-0.39, 0.29) is 5.97 Å². The molecule has 0 unspecified atom stereocenters. The summed E-state index contributed by atoms with van der Waals surface area (Å²) < 4.78 is 4.96. The lowest BCUT2D eigenvalue weighted by molar-refractivity contribution is -0.138. The molecule has 1 aromatic rings. The molecular weight excluding hydrogens is 280 g/mol. The van der Waals surface area contributed by atoms with Crippen molar-refractivity contribution in [3.63, 3.8) is 0 Å². The van der Waals surface area contributed by atoms with Crippen LogP contribution in [0.1, 0.15) is 18.9 Å². The average Bonchev–Trinajstić information content (AvgIpc) is 2.36. The molecule has 0 saturated carbocycles. The van der Waals surface area contributed by atoms with Gasteiger partial charge in [0, 0.05) is 10.9 Å². The number of aryl methyl sites for hydroxylation is 1. The van der Waals surface area contributed by atoms with Crippen LogP contribution in [0.15, 0.2) is 42.0 Å². The second-order valence-electron chi connectivity index (χ2n) is 3.61. The summed E-state index contributed by atoms with van der Waals surface area (Å²) >= 11 is 3.30. The van der Waals surface area contributed by atoms with E-state index in [0.717, 1.165) is 12.8 Å². The van der Waals surface area contributed by atoms with Crippen molar-refractivity contribution < 1.29 is 9.53 Å². The van der Waals surface area contributed by atoms with Crippen LogP contribution in [-0.2, 0) is 16.0 Å². The van der Waals surface area contributed by atoms with Crippen molar-refractivity contribution in [3.05, 3.63) is 47.5 Å². The zero-order valence-corrected chi connectivity index (χ0v) is 11.6. The second-order valence-corrected chi connectivity index (χ2v) is 4.17. The van der Waals surface area contributed by atoms with Crippen LogP contribution in [-0.4, -0.2) is 17.9 Å². The molecular formula is C14H17BrO2. The third kappa shape index (κ3) is 5.18. The van der Waals surface area contributed by atoms with Gasteiger partial charge < -0.3 is 4.74 Å². The van der Waals surface area contributed by atoms with Gasteiger partial charge in [0.15, 0.2) is 0 Å². The molecule has 0 aliphatic carbocycles. The molecule has 0 fully saturated rings. The van der Waals surface area contributed by atoms with Gasteiger partial charge in [-0.3, -0.25) is 0 Å². The molecule has 17 heavy (non-hydrogen) atoms. The molecule has 92 valence electrons. The summed E-state index contributed by atoms with van der Waals surface area (Å²) in [7, 11) is 0. The molecule has 0 aliphatic heterocycles. The first-order valence-electron chi connectivity index (χ1n) is 5.74. The monoisotopic (exact) mass is 296 g/mol. The number of rotatable bonds is 6. The number of ether oxygens (including phenoxy) is 1. The first-order valence-corrected chi connectivity index (χ1v) is 6.86. The fourth-order valence-electron chi connectivity index (χ4n) is 1.47. The summed E-state index contributed by atoms with van der Waals surface area (Å²) in [6.07, 6.45) is 3.74. The van der Waals surface area contributed by atoms with E-state index >= 15 is 0 Å². The van der Waals surface area contributed by atoms with Gasteiger partial charge in [0.1, 0.15) is 0 Å². The summed E-state index contributed by atoms with van der Waals surface area (Å²) in [5, 5.41) is 0.542. The molecule has 2 nitrogen and oxygen atoms in total. The smallest absolute Gasteiger partial charge is 0.334 e. The van der Waals surface area contributed by atoms with Crippen LogP contribution < -0.4 is 0 Å². The molecule has 0 radical (unpaired) electrons. The normalized spacial score (nSPS) is 11.3. The van der Waals surface area contributed by atoms with E-state index in [2.05, 4.69) is 28.1 Å². The van der Waals surface area contributed by atoms with Gasteiger partial charge in [-0.15, -0.1) is 0 Å². The van der Waals surface area contributed by atoms with Crippen molar-refractivity contribution in [2.75, 3.05) is 11.9 Å². The van der Waals surface area contributed by atoms with Gasteiger partial charge in [-0.2, -0.15) is 0 Å². The first kappa shape index (κ1) is 14.0. The third-order valence-electron chi connectivity index (χ3n) is 2.35. The van der Waals surface area contributed by atoms with Crippen LogP contribution in [0.3, 0.4) is 0 Å². The Bertz CT molecular complexity index is 371. The van der Waals surface area contributed by atoms with Crippen molar-refractivity contribution in [3.8, 4) is 0 Å². The molecule has 0 saturated heterocycles. The fourth-order valence-corrected chi connectivity index (χ4v) is 1.93. The van der Waals surface area contributed by atoms with Crippen LogP contribution in [0.5, 0.6) is 0 Å². The number of alkyl halides is 1. The molecule has 0 N–H and O–H groups in total. The molecule has 0 bridgehead atoms. The van der Waals surface area contributed by atoms with E-state index in [0.29, 0.717) is 17.5 Å². The van der Waals surface area contributed by atoms with E-state index in [1.807, 2.05) is 31.2 Å². The van der Waals surface area contributed by atoms with Crippen LogP contribution in [0.2, 0.25) is 0 Å². The van der Waals surface area contributed by atoms with E-state index < -0.39 is 0 Å². The zero-order valence-electron chi connectivity index (χ0n) is 9.99. The largest absolute Gasteiger partial charge is 0.463 e. The molecule has 1 aromatic carbocycles. The number of esters is 1. The summed E-state index contributed by atoms with van der Waals surface area (Å²) in [6, 6.07) is 10.2. The van der Waals surface area contributed by atoms with Gasteiger partial charge in [-0.1, -0.05) is 52.3 Å². The number of halogens is 1. The van der Waals surface area contributed by atoms with Gasteiger partial charge >= 0.3 is 5.97 Å². The Hall–Kier alpha value is -1.09. The summed E-state index contributed by atoms with van der Waals surface area (Å²) in [6.45, 7) is 2.23. The lowest BCUT2D eigenvalue weighted by Crippen LogP contribution is -2.08. The first-order chi connectivity index (χ1) is 8.27. The number of benzene rings is 1. The predicted octanol–water partition coefficient (Wildman–Crippen LogP) is 3.50. The standard InChI is InChI=1S/C14H17BrO2/c1-2-17-14(16)13(11-15)10-6-9-12-7-4-3-5-8-12/h3-5,7-8,10H,2,6,9,11H2,1H3. The zero-order chi connectivity index (χ0) is 12.5. The number of hydrogen-bond acceptors (Lipinski definition) is 2. The molecule has 0 amide bonds. The van der Waals surface area contributed by atoms with Gasteiger partial charge in [0.05, 0.1) is 6.61 Å². The van der Waals surface area contributed by atoms with Gasteiger partial charge in [-0.25, -0.2) is 4.79 Å². The molecule has 0 aromatic heterocycles. The molecule has 0 heterocycles. The molecule has 0 atom stereocenters. The fraction of sp³-hybridized carbons (Fsp3) is 0.357. The van der Waals surface area contributed by atoms with Crippen molar-refractivity contribution in [2.24, 2.45) is 0 Å². The SMILES string of the molecule is CCOC(=O)C(=CCCc1ccccc1)CBr. The summed E-state index contributed by atoms with van der Waals surface area (Å²) in [5.74, 6) is -0.225. The van der Waals surface area contributed by atoms with Crippen LogP contribution in [0.4, 0.5) is 0 Å². The van der Waals surface area contributed by atoms with Crippen molar-refractivity contribution in [2.45, 2.75) is 19.8 Å². The number of hydrogen-bond donors (Lipinski definition) is 0. The van der Waals surface area contributed by atoms with E-state index in [1.54, 1.807) is 0 Å². The Morgan fingerprint density at radius 2 is 2.06 bits per heavy atom. The minimum absolute atomic E-state index is 0.225. The van der Waals surface area contributed by atoms with E-state index in [1.165, 1.54) is 5.56 Å². The maximum atomic E-state index is 11.5. The minimum Gasteiger partial charge on any atom is -0.463 e. The minimum atomic E-state index is -0.225. The Morgan fingerprint density at radius 1 is 1.35 bits per heavy atom. The van der Waals surface area contributed by atoms with Gasteiger partial charge in [0.2, 0.25) is 0 Å². The summed E-state index contributed by atoms with van der Waals surface area (Å²) in [5.41, 5.74) is 1.98. The molecule has 0 aliphatic rings. The van der Waals surface area contributed by atoms with E-state index in [9.17, 15) is 4.79 Å². The third-order valence-corrected chi connectivity index (χ3v) is 2.95. The van der Waals surface area contributed by atoms with Crippen molar-refractivity contribution in [1.29, 1.82) is 0 Å². The Kier molecular flexibility index (Phi) is 6.63. The lowest BCUT2D eigenvalue weighted by atomic mass is 10.1. The Balaban J connectivity index is 2.48. The lowest BCUT2D eigenvalue weighted by Gasteiger charge is -2.03. The quantitative estimate of drug-likeness (QED) is 0.456. The highest BCUT2D eigenvalue weighted by Crippen LogP contribution is 2.08. The highest BCUT2D eigenvalue weighted by atomic mass is 79.9. The second kappa shape index (κ2) is 8.07. The molecule has 0 spiro atoms. The van der Waals surface area contributed by atoms with Crippen molar-refractivity contribution >= 4 is 21.9 Å². The number of allylic oxidation sites excluding steroid dienone is 1. The Labute approximate surface area is 111 Å². The highest BCUT2D eigenvalue weighted by molar-refractivity contribution is 9.09. The van der Waals surface area contributed by atoms with Gasteiger partial charge in [0.25, 0.3) is 0 Å². The van der Waals surface area contributed by atoms with E-state index in [4.69, 9.17) is 4.74 Å². The maximum Gasteiger partial charge on any atom is 0.334 e. The number of carbonyl (C=O) groups excluding carboxylic acids is 1. The van der Waals surface area contributed by atoms with Crippen LogP contribution in [0.25, 0.3) is 0 Å². The highest BCUT2D eigenvalue weighted by Gasteiger charge is 2.07. The summed E-state index contributed by atoms with van der Waals surface area (Å²) in [4.78, 5) is 11.5. The van der Waals surface area contributed by atoms with Crippen LogP contribution >= 0.6 is 15.9 Å². The Morgan fingerprint density at radius 3 is 2.65 bits per heavy atom. The van der Waals surface area contributed by atoms with Crippen molar-refractivity contribution in [1.82, 2.24) is 0 Å². The van der Waals surface area contributed by atoms with Gasteiger partial charge in [-0.05, 0) is 25.3 Å². The predicted molar refractivity (Wildman–Crippen MR) is 73.3 cm³/mol. The van der Waals surface area contributed by atoms with Crippen LogP contribution in [0, 0.1) is 0 Å². The molecule has 3 heteroatoms. The topological polar surface area (TPSA) is 26.3 Å². The molecule has 1 rings (SSSR count). The maximum absolute atomic E-state index is 11.5. The number of carbonyl (C=O) groups is 1. The average molecular weight is 297 g/mol.